The second-order valence-corrected chi connectivity index (χ2v) is 4.20. The van der Waals surface area contributed by atoms with Crippen molar-refractivity contribution in [2.45, 2.75) is 26.4 Å². The van der Waals surface area contributed by atoms with Gasteiger partial charge in [-0.2, -0.15) is 5.10 Å². The van der Waals surface area contributed by atoms with Gasteiger partial charge in [0.05, 0.1) is 0 Å². The quantitative estimate of drug-likeness (QED) is 0.672. The van der Waals surface area contributed by atoms with Crippen molar-refractivity contribution in [3.63, 3.8) is 0 Å². The highest BCUT2D eigenvalue weighted by Crippen LogP contribution is 2.00. The van der Waals surface area contributed by atoms with Crippen LogP contribution in [-0.2, 0) is 18.4 Å². The highest BCUT2D eigenvalue weighted by atomic mass is 16.3. The Bertz CT molecular complexity index is 437. The summed E-state index contributed by atoms with van der Waals surface area (Å²) in [6.07, 6.45) is 1.36. The van der Waals surface area contributed by atoms with Crippen molar-refractivity contribution in [1.29, 1.82) is 0 Å². The maximum absolute atomic E-state index is 11.6. The van der Waals surface area contributed by atoms with Crippen LogP contribution in [0, 0.1) is 5.92 Å². The van der Waals surface area contributed by atoms with Crippen LogP contribution in [0.2, 0.25) is 0 Å². The topological polar surface area (TPSA) is 89.2 Å². The van der Waals surface area contributed by atoms with E-state index in [9.17, 15) is 9.59 Å². The van der Waals surface area contributed by atoms with Gasteiger partial charge in [-0.3, -0.25) is 9.36 Å². The summed E-state index contributed by atoms with van der Waals surface area (Å²) in [5.74, 6) is -0.321. The highest BCUT2D eigenvalue weighted by molar-refractivity contribution is 5.75. The lowest BCUT2D eigenvalue weighted by Crippen LogP contribution is -2.41. The van der Waals surface area contributed by atoms with Crippen molar-refractivity contribution < 1.29 is 9.90 Å². The number of aryl methyl sites for hydroxylation is 1. The van der Waals surface area contributed by atoms with Gasteiger partial charge in [0.1, 0.15) is 12.9 Å². The number of carbonyl (C=O) groups is 1. The molecular formula is C10H18N4O3. The minimum Gasteiger partial charge on any atom is -0.396 e. The lowest BCUT2D eigenvalue weighted by atomic mass is 10.1. The molecule has 0 spiro atoms. The number of aromatic nitrogens is 3. The van der Waals surface area contributed by atoms with E-state index in [0.717, 1.165) is 4.68 Å². The fourth-order valence-corrected chi connectivity index (χ4v) is 1.27. The lowest BCUT2D eigenvalue weighted by Gasteiger charge is -2.18. The SMILES string of the molecule is CC(CO)C(C)NC(=O)Cn1ncn(C)c1=O. The molecule has 1 aromatic heterocycles. The van der Waals surface area contributed by atoms with Crippen molar-refractivity contribution >= 4 is 5.91 Å². The van der Waals surface area contributed by atoms with E-state index in [0.29, 0.717) is 0 Å². The number of aliphatic hydroxyl groups is 1. The first-order valence-corrected chi connectivity index (χ1v) is 5.44. The number of hydrogen-bond donors (Lipinski definition) is 2. The maximum atomic E-state index is 11.6. The predicted octanol–water partition coefficient (Wildman–Crippen LogP) is -1.29. The molecule has 0 fully saturated rings. The molecular weight excluding hydrogens is 224 g/mol. The van der Waals surface area contributed by atoms with Crippen LogP contribution in [0.15, 0.2) is 11.1 Å². The number of aliphatic hydroxyl groups excluding tert-OH is 1. The van der Waals surface area contributed by atoms with Crippen molar-refractivity contribution in [1.82, 2.24) is 19.7 Å². The third-order valence-corrected chi connectivity index (χ3v) is 2.71. The van der Waals surface area contributed by atoms with Crippen molar-refractivity contribution in [2.24, 2.45) is 13.0 Å². The molecule has 2 atom stereocenters. The number of rotatable bonds is 5. The third kappa shape index (κ3) is 3.42. The summed E-state index contributed by atoms with van der Waals surface area (Å²) in [6, 6.07) is -0.146. The molecule has 7 heteroatoms. The summed E-state index contributed by atoms with van der Waals surface area (Å²) in [5, 5.41) is 15.4. The lowest BCUT2D eigenvalue weighted by molar-refractivity contribution is -0.122. The second kappa shape index (κ2) is 5.62. The van der Waals surface area contributed by atoms with Gasteiger partial charge in [0.15, 0.2) is 0 Å². The average molecular weight is 242 g/mol. The number of nitrogens with one attached hydrogen (secondary N) is 1. The predicted molar refractivity (Wildman–Crippen MR) is 61.3 cm³/mol. The second-order valence-electron chi connectivity index (χ2n) is 4.20. The molecule has 0 saturated carbocycles. The van der Waals surface area contributed by atoms with Crippen LogP contribution in [-0.4, -0.2) is 38.0 Å². The molecule has 1 aromatic rings. The summed E-state index contributed by atoms with van der Waals surface area (Å²) in [4.78, 5) is 23.0. The molecule has 0 bridgehead atoms. The Morgan fingerprint density at radius 1 is 1.59 bits per heavy atom. The van der Waals surface area contributed by atoms with Gasteiger partial charge in [0.25, 0.3) is 0 Å². The average Bonchev–Trinajstić information content (AvgIpc) is 2.59. The molecule has 2 N–H and O–H groups in total. The van der Waals surface area contributed by atoms with E-state index in [2.05, 4.69) is 10.4 Å². The molecule has 96 valence electrons. The van der Waals surface area contributed by atoms with Crippen LogP contribution in [0.4, 0.5) is 0 Å². The van der Waals surface area contributed by atoms with E-state index >= 15 is 0 Å². The van der Waals surface area contributed by atoms with E-state index < -0.39 is 0 Å². The van der Waals surface area contributed by atoms with Crippen LogP contribution in [0.25, 0.3) is 0 Å². The summed E-state index contributed by atoms with van der Waals surface area (Å²) >= 11 is 0. The Hall–Kier alpha value is -1.63. The molecule has 0 aliphatic carbocycles. The molecule has 1 amide bonds. The van der Waals surface area contributed by atoms with Gasteiger partial charge in [0, 0.05) is 19.7 Å². The first-order chi connectivity index (χ1) is 7.95. The van der Waals surface area contributed by atoms with Crippen molar-refractivity contribution in [3.8, 4) is 0 Å². The van der Waals surface area contributed by atoms with E-state index in [-0.39, 0.29) is 36.7 Å². The maximum Gasteiger partial charge on any atom is 0.345 e. The fraction of sp³-hybridized carbons (Fsp3) is 0.700. The molecule has 7 nitrogen and oxygen atoms in total. The first-order valence-electron chi connectivity index (χ1n) is 5.44. The zero-order valence-electron chi connectivity index (χ0n) is 10.3. The summed E-state index contributed by atoms with van der Waals surface area (Å²) in [5.41, 5.74) is -0.331. The molecule has 0 saturated heterocycles. The van der Waals surface area contributed by atoms with Crippen LogP contribution < -0.4 is 11.0 Å². The minimum atomic E-state index is -0.331. The Balaban J connectivity index is 2.56. The van der Waals surface area contributed by atoms with Crippen LogP contribution in [0.5, 0.6) is 0 Å². The Labute approximate surface area is 99.1 Å². The Kier molecular flexibility index (Phi) is 4.45. The van der Waals surface area contributed by atoms with Gasteiger partial charge < -0.3 is 10.4 Å². The summed E-state index contributed by atoms with van der Waals surface area (Å²) in [7, 11) is 1.57. The fourth-order valence-electron chi connectivity index (χ4n) is 1.27. The summed E-state index contributed by atoms with van der Waals surface area (Å²) in [6.45, 7) is 3.53. The standard InChI is InChI=1S/C10H18N4O3/c1-7(5-15)8(2)12-9(16)4-14-10(17)13(3)6-11-14/h6-8,15H,4-5H2,1-3H3,(H,12,16). The molecule has 2 unspecified atom stereocenters. The van der Waals surface area contributed by atoms with E-state index in [4.69, 9.17) is 5.11 Å². The molecule has 0 aliphatic rings. The number of amides is 1. The van der Waals surface area contributed by atoms with Gasteiger partial charge in [-0.15, -0.1) is 0 Å². The molecule has 1 heterocycles. The number of nitrogens with zero attached hydrogens (tertiary/aromatic N) is 3. The van der Waals surface area contributed by atoms with Crippen LogP contribution >= 0.6 is 0 Å². The van der Waals surface area contributed by atoms with Crippen LogP contribution in [0.3, 0.4) is 0 Å². The van der Waals surface area contributed by atoms with Gasteiger partial charge >= 0.3 is 5.69 Å². The molecule has 0 aliphatic heterocycles. The Morgan fingerprint density at radius 2 is 2.24 bits per heavy atom. The van der Waals surface area contributed by atoms with Gasteiger partial charge in [0.2, 0.25) is 5.91 Å². The normalized spacial score (nSPS) is 14.4. The minimum absolute atomic E-state index is 0.00494. The summed E-state index contributed by atoms with van der Waals surface area (Å²) < 4.78 is 2.39. The van der Waals surface area contributed by atoms with Crippen LogP contribution in [0.1, 0.15) is 13.8 Å². The van der Waals surface area contributed by atoms with E-state index in [1.165, 1.54) is 10.9 Å². The van der Waals surface area contributed by atoms with Gasteiger partial charge in [-0.25, -0.2) is 9.48 Å². The molecule has 0 aromatic carbocycles. The third-order valence-electron chi connectivity index (χ3n) is 2.71. The smallest absolute Gasteiger partial charge is 0.345 e. The zero-order valence-corrected chi connectivity index (χ0v) is 10.3. The van der Waals surface area contributed by atoms with E-state index in [1.807, 2.05) is 6.92 Å². The largest absolute Gasteiger partial charge is 0.396 e. The molecule has 0 radical (unpaired) electrons. The number of carbonyl (C=O) groups excluding carboxylic acids is 1. The zero-order chi connectivity index (χ0) is 13.0. The van der Waals surface area contributed by atoms with Gasteiger partial charge in [-0.1, -0.05) is 6.92 Å². The molecule has 1 rings (SSSR count). The highest BCUT2D eigenvalue weighted by Gasteiger charge is 2.15. The monoisotopic (exact) mass is 242 g/mol. The first kappa shape index (κ1) is 13.4. The van der Waals surface area contributed by atoms with E-state index in [1.54, 1.807) is 14.0 Å². The van der Waals surface area contributed by atoms with Crippen molar-refractivity contribution in [3.05, 3.63) is 16.8 Å². The van der Waals surface area contributed by atoms with Gasteiger partial charge in [-0.05, 0) is 12.8 Å². The molecule has 17 heavy (non-hydrogen) atoms. The Morgan fingerprint density at radius 3 is 2.71 bits per heavy atom. The van der Waals surface area contributed by atoms with Crippen molar-refractivity contribution in [2.75, 3.05) is 6.61 Å². The number of hydrogen-bond acceptors (Lipinski definition) is 4.